The van der Waals surface area contributed by atoms with Crippen molar-refractivity contribution in [3.8, 4) is 0 Å². The first-order chi connectivity index (χ1) is 15.7. The van der Waals surface area contributed by atoms with E-state index < -0.39 is 0 Å². The van der Waals surface area contributed by atoms with Gasteiger partial charge in [-0.15, -0.1) is 0 Å². The molecule has 2 saturated heterocycles. The Balaban J connectivity index is 1.44. The van der Waals surface area contributed by atoms with Gasteiger partial charge in [0.25, 0.3) is 0 Å². The molecule has 2 fully saturated rings. The summed E-state index contributed by atoms with van der Waals surface area (Å²) in [7, 11) is 0. The van der Waals surface area contributed by atoms with Gasteiger partial charge in [-0.1, -0.05) is 90.1 Å². The van der Waals surface area contributed by atoms with Gasteiger partial charge in [-0.2, -0.15) is 0 Å². The van der Waals surface area contributed by atoms with Crippen molar-refractivity contribution < 1.29 is 9.47 Å². The monoisotopic (exact) mass is 449 g/mol. The first-order valence-corrected chi connectivity index (χ1v) is 12.9. The second-order valence-electron chi connectivity index (χ2n) is 11.5. The SMILES string of the molecule is CC(C)c1ccc(CC(C)C2OCC3(C)COC(C(C)Cc4ccc(C(C)C)cc4)N23)cc1. The first-order valence-electron chi connectivity index (χ1n) is 12.9. The summed E-state index contributed by atoms with van der Waals surface area (Å²) < 4.78 is 12.9. The Morgan fingerprint density at radius 1 is 0.697 bits per heavy atom. The number of hydrogen-bond acceptors (Lipinski definition) is 3. The van der Waals surface area contributed by atoms with Gasteiger partial charge in [-0.3, -0.25) is 0 Å². The number of ether oxygens (including phenoxy) is 2. The maximum atomic E-state index is 6.44. The van der Waals surface area contributed by atoms with Crippen molar-refractivity contribution in [2.45, 2.75) is 91.1 Å². The Morgan fingerprint density at radius 2 is 1.06 bits per heavy atom. The minimum atomic E-state index is -0.0269. The summed E-state index contributed by atoms with van der Waals surface area (Å²) in [5, 5.41) is 0. The third-order valence-electron chi connectivity index (χ3n) is 7.68. The molecule has 2 aromatic rings. The summed E-state index contributed by atoms with van der Waals surface area (Å²) in [5.41, 5.74) is 5.55. The van der Waals surface area contributed by atoms with Gasteiger partial charge in [0.2, 0.25) is 0 Å². The lowest BCUT2D eigenvalue weighted by atomic mass is 9.92. The molecule has 0 spiro atoms. The maximum absolute atomic E-state index is 6.44. The number of benzene rings is 2. The van der Waals surface area contributed by atoms with Gasteiger partial charge in [0.05, 0.1) is 18.8 Å². The summed E-state index contributed by atoms with van der Waals surface area (Å²) >= 11 is 0. The average molecular weight is 450 g/mol. The van der Waals surface area contributed by atoms with Crippen molar-refractivity contribution >= 4 is 0 Å². The van der Waals surface area contributed by atoms with E-state index >= 15 is 0 Å². The minimum Gasteiger partial charge on any atom is -0.361 e. The molecule has 0 aromatic heterocycles. The van der Waals surface area contributed by atoms with E-state index in [1.165, 1.54) is 22.3 Å². The Bertz CT molecular complexity index is 830. The fourth-order valence-corrected chi connectivity index (χ4v) is 5.54. The van der Waals surface area contributed by atoms with Crippen molar-refractivity contribution in [3.63, 3.8) is 0 Å². The largest absolute Gasteiger partial charge is 0.361 e. The van der Waals surface area contributed by atoms with Crippen molar-refractivity contribution in [3.05, 3.63) is 70.8 Å². The van der Waals surface area contributed by atoms with Gasteiger partial charge in [-0.05, 0) is 53.9 Å². The number of nitrogens with zero attached hydrogens (tertiary/aromatic N) is 1. The zero-order valence-electron chi connectivity index (χ0n) is 21.7. The highest BCUT2D eigenvalue weighted by Crippen LogP contribution is 2.42. The molecule has 0 aliphatic carbocycles. The van der Waals surface area contributed by atoms with Gasteiger partial charge in [0, 0.05) is 11.8 Å². The molecular formula is C30H43NO2. The quantitative estimate of drug-likeness (QED) is 0.444. The Morgan fingerprint density at radius 3 is 1.39 bits per heavy atom. The van der Waals surface area contributed by atoms with Crippen LogP contribution >= 0.6 is 0 Å². The predicted octanol–water partition coefficient (Wildman–Crippen LogP) is 6.76. The highest BCUT2D eigenvalue weighted by atomic mass is 16.6. The molecule has 2 aliphatic rings. The first kappa shape index (κ1) is 24.4. The molecule has 4 unspecified atom stereocenters. The van der Waals surface area contributed by atoms with Crippen LogP contribution in [0.5, 0.6) is 0 Å². The molecule has 4 atom stereocenters. The molecule has 33 heavy (non-hydrogen) atoms. The van der Waals surface area contributed by atoms with Crippen LogP contribution in [-0.4, -0.2) is 36.1 Å². The standard InChI is InChI=1S/C30H43NO2/c1-20(2)26-12-8-24(9-13-26)16-22(5)28-31-29(33-19-30(31,7)18-32-28)23(6)17-25-10-14-27(15-11-25)21(3)4/h8-15,20-23,28-29H,16-19H2,1-7H3. The molecule has 0 bridgehead atoms. The molecule has 0 saturated carbocycles. The summed E-state index contributed by atoms with van der Waals surface area (Å²) in [6.45, 7) is 17.5. The van der Waals surface area contributed by atoms with E-state index in [1.54, 1.807) is 0 Å². The maximum Gasteiger partial charge on any atom is 0.116 e. The van der Waals surface area contributed by atoms with Gasteiger partial charge in [-0.25, -0.2) is 4.90 Å². The van der Waals surface area contributed by atoms with Gasteiger partial charge in [0.15, 0.2) is 0 Å². The highest BCUT2D eigenvalue weighted by molar-refractivity contribution is 5.26. The normalized spacial score (nSPS) is 27.3. The number of hydrogen-bond donors (Lipinski definition) is 0. The van der Waals surface area contributed by atoms with E-state index in [1.807, 2.05) is 0 Å². The topological polar surface area (TPSA) is 21.7 Å². The van der Waals surface area contributed by atoms with Gasteiger partial charge < -0.3 is 9.47 Å². The molecule has 4 rings (SSSR count). The molecule has 3 heteroatoms. The van der Waals surface area contributed by atoms with Crippen LogP contribution in [0.3, 0.4) is 0 Å². The van der Waals surface area contributed by atoms with E-state index in [0.29, 0.717) is 23.7 Å². The van der Waals surface area contributed by atoms with E-state index in [9.17, 15) is 0 Å². The lowest BCUT2D eigenvalue weighted by molar-refractivity contribution is -0.0998. The summed E-state index contributed by atoms with van der Waals surface area (Å²) in [5.74, 6) is 1.94. The van der Waals surface area contributed by atoms with Crippen LogP contribution in [0.2, 0.25) is 0 Å². The summed E-state index contributed by atoms with van der Waals surface area (Å²) in [4.78, 5) is 2.56. The lowest BCUT2D eigenvalue weighted by Crippen LogP contribution is -2.51. The second-order valence-corrected chi connectivity index (χ2v) is 11.5. The zero-order valence-corrected chi connectivity index (χ0v) is 21.7. The van der Waals surface area contributed by atoms with E-state index in [2.05, 4.69) is 102 Å². The molecule has 0 radical (unpaired) electrons. The third-order valence-corrected chi connectivity index (χ3v) is 7.68. The molecule has 2 aliphatic heterocycles. The van der Waals surface area contributed by atoms with Crippen LogP contribution in [-0.2, 0) is 22.3 Å². The van der Waals surface area contributed by atoms with Crippen LogP contribution in [0, 0.1) is 11.8 Å². The summed E-state index contributed by atoms with van der Waals surface area (Å²) in [6.07, 6.45) is 2.23. The van der Waals surface area contributed by atoms with Gasteiger partial charge in [0.1, 0.15) is 12.5 Å². The van der Waals surface area contributed by atoms with Crippen LogP contribution < -0.4 is 0 Å². The second kappa shape index (κ2) is 9.90. The van der Waals surface area contributed by atoms with E-state index in [4.69, 9.17) is 9.47 Å². The minimum absolute atomic E-state index is 0.0269. The van der Waals surface area contributed by atoms with Crippen LogP contribution in [0.25, 0.3) is 0 Å². The third kappa shape index (κ3) is 5.21. The van der Waals surface area contributed by atoms with Crippen molar-refractivity contribution in [2.75, 3.05) is 13.2 Å². The predicted molar refractivity (Wildman–Crippen MR) is 137 cm³/mol. The smallest absolute Gasteiger partial charge is 0.116 e. The van der Waals surface area contributed by atoms with Crippen LogP contribution in [0.1, 0.15) is 82.6 Å². The average Bonchev–Trinajstić information content (AvgIpc) is 3.29. The Kier molecular flexibility index (Phi) is 7.33. The zero-order chi connectivity index (χ0) is 23.8. The molecule has 2 aromatic carbocycles. The number of rotatable bonds is 8. The molecule has 180 valence electrons. The van der Waals surface area contributed by atoms with E-state index in [0.717, 1.165) is 26.1 Å². The summed E-state index contributed by atoms with van der Waals surface area (Å²) in [6, 6.07) is 18.3. The molecule has 0 amide bonds. The molecule has 3 nitrogen and oxygen atoms in total. The van der Waals surface area contributed by atoms with Crippen LogP contribution in [0.4, 0.5) is 0 Å². The molecule has 0 N–H and O–H groups in total. The van der Waals surface area contributed by atoms with Crippen LogP contribution in [0.15, 0.2) is 48.5 Å². The van der Waals surface area contributed by atoms with Crippen molar-refractivity contribution in [1.29, 1.82) is 0 Å². The van der Waals surface area contributed by atoms with Crippen molar-refractivity contribution in [1.82, 2.24) is 4.90 Å². The molecule has 2 heterocycles. The Hall–Kier alpha value is -1.68. The van der Waals surface area contributed by atoms with E-state index in [-0.39, 0.29) is 18.0 Å². The fraction of sp³-hybridized carbons (Fsp3) is 0.600. The van der Waals surface area contributed by atoms with Crippen molar-refractivity contribution in [2.24, 2.45) is 11.8 Å². The Labute approximate surface area is 201 Å². The number of fused-ring (bicyclic) bond motifs is 1. The lowest BCUT2D eigenvalue weighted by Gasteiger charge is -2.37. The van der Waals surface area contributed by atoms with Gasteiger partial charge >= 0.3 is 0 Å². The highest BCUT2D eigenvalue weighted by Gasteiger charge is 2.55. The fourth-order valence-electron chi connectivity index (χ4n) is 5.54. The molecular weight excluding hydrogens is 406 g/mol.